The van der Waals surface area contributed by atoms with E-state index >= 15 is 0 Å². The Morgan fingerprint density at radius 1 is 1.12 bits per heavy atom. The molecule has 1 amide bonds. The Morgan fingerprint density at radius 2 is 1.88 bits per heavy atom. The molecule has 2 aromatic rings. The number of hydrogen-bond donors (Lipinski definition) is 2. The summed E-state index contributed by atoms with van der Waals surface area (Å²) in [6.07, 6.45) is 2.19. The lowest BCUT2D eigenvalue weighted by atomic mass is 10.1. The summed E-state index contributed by atoms with van der Waals surface area (Å²) in [4.78, 5) is 12.1. The molecule has 0 aliphatic rings. The fourth-order valence-electron chi connectivity index (χ4n) is 1.97. The topological polar surface area (TPSA) is 64.9 Å². The van der Waals surface area contributed by atoms with Crippen molar-refractivity contribution in [3.8, 4) is 6.07 Å². The Bertz CT molecular complexity index is 783. The van der Waals surface area contributed by atoms with Crippen molar-refractivity contribution < 1.29 is 4.79 Å². The average Bonchev–Trinajstić information content (AvgIpc) is 2.60. The van der Waals surface area contributed by atoms with Gasteiger partial charge in [-0.15, -0.1) is 0 Å². The van der Waals surface area contributed by atoms with Crippen LogP contribution in [0.2, 0.25) is 10.0 Å². The predicted octanol–water partition coefficient (Wildman–Crippen LogP) is 4.17. The van der Waals surface area contributed by atoms with E-state index in [1.54, 1.807) is 18.2 Å². The van der Waals surface area contributed by atoms with Gasteiger partial charge in [0.05, 0.1) is 15.7 Å². The first kappa shape index (κ1) is 17.9. The third-order valence-electron chi connectivity index (χ3n) is 3.21. The number of nitriles is 1. The minimum Gasteiger partial charge on any atom is -0.389 e. The fourth-order valence-corrected chi connectivity index (χ4v) is 2.32. The van der Waals surface area contributed by atoms with Gasteiger partial charge in [-0.1, -0.05) is 59.6 Å². The summed E-state index contributed by atoms with van der Waals surface area (Å²) in [5.41, 5.74) is 1.49. The SMILES string of the molecule is N#C/C(=C/NCCc1ccccc1)C(=O)Nc1cccc(Cl)c1Cl. The van der Waals surface area contributed by atoms with Gasteiger partial charge in [0.2, 0.25) is 0 Å². The molecule has 0 unspecified atom stereocenters. The highest BCUT2D eigenvalue weighted by Crippen LogP contribution is 2.29. The molecular formula is C18H15Cl2N3O. The second-order valence-electron chi connectivity index (χ2n) is 4.92. The van der Waals surface area contributed by atoms with Crippen molar-refractivity contribution in [2.24, 2.45) is 0 Å². The van der Waals surface area contributed by atoms with Crippen LogP contribution < -0.4 is 10.6 Å². The van der Waals surface area contributed by atoms with Crippen LogP contribution in [0, 0.1) is 11.3 Å². The van der Waals surface area contributed by atoms with Crippen LogP contribution in [-0.4, -0.2) is 12.5 Å². The summed E-state index contributed by atoms with van der Waals surface area (Å²) < 4.78 is 0. The summed E-state index contributed by atoms with van der Waals surface area (Å²) in [6, 6.07) is 16.7. The molecule has 0 aliphatic heterocycles. The molecule has 0 bridgehead atoms. The average molecular weight is 360 g/mol. The van der Waals surface area contributed by atoms with Crippen LogP contribution >= 0.6 is 23.2 Å². The second-order valence-corrected chi connectivity index (χ2v) is 5.70. The first-order chi connectivity index (χ1) is 11.6. The zero-order valence-electron chi connectivity index (χ0n) is 12.7. The standard InChI is InChI=1S/C18H15Cl2N3O/c19-15-7-4-8-16(17(15)20)23-18(24)14(11-21)12-22-10-9-13-5-2-1-3-6-13/h1-8,12,22H,9-10H2,(H,23,24)/b14-12-. The molecule has 122 valence electrons. The quantitative estimate of drug-likeness (QED) is 0.462. The van der Waals surface area contributed by atoms with E-state index in [0.29, 0.717) is 17.3 Å². The highest BCUT2D eigenvalue weighted by molar-refractivity contribution is 6.44. The van der Waals surface area contributed by atoms with Gasteiger partial charge >= 0.3 is 0 Å². The van der Waals surface area contributed by atoms with Crippen LogP contribution in [0.1, 0.15) is 5.56 Å². The zero-order chi connectivity index (χ0) is 17.4. The van der Waals surface area contributed by atoms with Gasteiger partial charge < -0.3 is 10.6 Å². The van der Waals surface area contributed by atoms with E-state index in [1.807, 2.05) is 36.4 Å². The first-order valence-corrected chi connectivity index (χ1v) is 8.00. The summed E-state index contributed by atoms with van der Waals surface area (Å²) in [6.45, 7) is 0.612. The maximum Gasteiger partial charge on any atom is 0.267 e. The highest BCUT2D eigenvalue weighted by atomic mass is 35.5. The van der Waals surface area contributed by atoms with Crippen LogP contribution in [-0.2, 0) is 11.2 Å². The van der Waals surface area contributed by atoms with Gasteiger partial charge in [0.15, 0.2) is 0 Å². The summed E-state index contributed by atoms with van der Waals surface area (Å²) in [5.74, 6) is -0.547. The molecular weight excluding hydrogens is 345 g/mol. The van der Waals surface area contributed by atoms with Crippen LogP contribution in [0.4, 0.5) is 5.69 Å². The molecule has 0 saturated carbocycles. The number of carbonyl (C=O) groups excluding carboxylic acids is 1. The predicted molar refractivity (Wildman–Crippen MR) is 96.9 cm³/mol. The number of carbonyl (C=O) groups is 1. The molecule has 24 heavy (non-hydrogen) atoms. The molecule has 0 atom stereocenters. The van der Waals surface area contributed by atoms with E-state index in [0.717, 1.165) is 6.42 Å². The van der Waals surface area contributed by atoms with Gasteiger partial charge in [-0.3, -0.25) is 4.79 Å². The first-order valence-electron chi connectivity index (χ1n) is 7.24. The van der Waals surface area contributed by atoms with Crippen molar-refractivity contribution in [2.45, 2.75) is 6.42 Å². The molecule has 0 radical (unpaired) electrons. The lowest BCUT2D eigenvalue weighted by Gasteiger charge is -2.08. The maximum atomic E-state index is 12.1. The molecule has 0 spiro atoms. The van der Waals surface area contributed by atoms with Crippen molar-refractivity contribution in [3.05, 3.63) is 75.9 Å². The van der Waals surface area contributed by atoms with E-state index in [9.17, 15) is 4.79 Å². The van der Waals surface area contributed by atoms with Crippen molar-refractivity contribution in [1.82, 2.24) is 5.32 Å². The fraction of sp³-hybridized carbons (Fsp3) is 0.111. The summed E-state index contributed by atoms with van der Waals surface area (Å²) >= 11 is 11.9. The maximum absolute atomic E-state index is 12.1. The molecule has 0 aromatic heterocycles. The van der Waals surface area contributed by atoms with Crippen LogP contribution in [0.3, 0.4) is 0 Å². The van der Waals surface area contributed by atoms with Crippen LogP contribution in [0.25, 0.3) is 0 Å². The zero-order valence-corrected chi connectivity index (χ0v) is 14.2. The number of hydrogen-bond acceptors (Lipinski definition) is 3. The molecule has 0 heterocycles. The van der Waals surface area contributed by atoms with Crippen molar-refractivity contribution in [2.75, 3.05) is 11.9 Å². The Morgan fingerprint density at radius 3 is 2.58 bits per heavy atom. The molecule has 0 fully saturated rings. The van der Waals surface area contributed by atoms with Gasteiger partial charge in [0.1, 0.15) is 11.6 Å². The number of nitrogens with one attached hydrogen (secondary N) is 2. The Hall–Kier alpha value is -2.48. The summed E-state index contributed by atoms with van der Waals surface area (Å²) in [7, 11) is 0. The van der Waals surface area contributed by atoms with E-state index in [1.165, 1.54) is 11.8 Å². The third kappa shape index (κ3) is 5.02. The van der Waals surface area contributed by atoms with E-state index < -0.39 is 5.91 Å². The number of rotatable bonds is 6. The summed E-state index contributed by atoms with van der Waals surface area (Å²) in [5, 5.41) is 15.3. The normalized spacial score (nSPS) is 10.8. The van der Waals surface area contributed by atoms with E-state index in [4.69, 9.17) is 28.5 Å². The van der Waals surface area contributed by atoms with Crippen molar-refractivity contribution >= 4 is 34.8 Å². The minimum atomic E-state index is -0.547. The number of benzene rings is 2. The lowest BCUT2D eigenvalue weighted by molar-refractivity contribution is -0.112. The molecule has 2 rings (SSSR count). The lowest BCUT2D eigenvalue weighted by Crippen LogP contribution is -2.18. The van der Waals surface area contributed by atoms with E-state index in [2.05, 4.69) is 10.6 Å². The van der Waals surface area contributed by atoms with E-state index in [-0.39, 0.29) is 10.6 Å². The number of amides is 1. The largest absolute Gasteiger partial charge is 0.389 e. The van der Waals surface area contributed by atoms with Gasteiger partial charge in [0, 0.05) is 12.7 Å². The van der Waals surface area contributed by atoms with Gasteiger partial charge in [-0.2, -0.15) is 5.26 Å². The number of nitrogens with zero attached hydrogens (tertiary/aromatic N) is 1. The van der Waals surface area contributed by atoms with Gasteiger partial charge in [-0.25, -0.2) is 0 Å². The molecule has 2 N–H and O–H groups in total. The molecule has 6 heteroatoms. The smallest absolute Gasteiger partial charge is 0.267 e. The van der Waals surface area contributed by atoms with Gasteiger partial charge in [-0.05, 0) is 24.1 Å². The highest BCUT2D eigenvalue weighted by Gasteiger charge is 2.12. The van der Waals surface area contributed by atoms with Crippen molar-refractivity contribution in [1.29, 1.82) is 5.26 Å². The van der Waals surface area contributed by atoms with Gasteiger partial charge in [0.25, 0.3) is 5.91 Å². The van der Waals surface area contributed by atoms with Crippen molar-refractivity contribution in [3.63, 3.8) is 0 Å². The third-order valence-corrected chi connectivity index (χ3v) is 4.03. The minimum absolute atomic E-state index is 0.0425. The monoisotopic (exact) mass is 359 g/mol. The Labute approximate surface area is 150 Å². The molecule has 4 nitrogen and oxygen atoms in total. The van der Waals surface area contributed by atoms with Crippen LogP contribution in [0.15, 0.2) is 60.3 Å². The number of halogens is 2. The second kappa shape index (κ2) is 8.97. The molecule has 0 saturated heterocycles. The Balaban J connectivity index is 1.93. The number of anilines is 1. The van der Waals surface area contributed by atoms with Crippen LogP contribution in [0.5, 0.6) is 0 Å². The molecule has 2 aromatic carbocycles. The Kier molecular flexibility index (Phi) is 6.68. The molecule has 0 aliphatic carbocycles.